The Morgan fingerprint density at radius 1 is 1.40 bits per heavy atom. The predicted molar refractivity (Wildman–Crippen MR) is 61.0 cm³/mol. The van der Waals surface area contributed by atoms with Crippen molar-refractivity contribution in [1.29, 1.82) is 0 Å². The first kappa shape index (κ1) is 12.0. The van der Waals surface area contributed by atoms with Crippen molar-refractivity contribution in [1.82, 2.24) is 4.90 Å². The number of para-hydroxylation sites is 1. The van der Waals surface area contributed by atoms with E-state index in [1.165, 1.54) is 0 Å². The monoisotopic (exact) mass is 209 g/mol. The van der Waals surface area contributed by atoms with Crippen LogP contribution in [0.5, 0.6) is 5.75 Å². The van der Waals surface area contributed by atoms with Crippen LogP contribution in [-0.4, -0.2) is 36.8 Å². The maximum absolute atomic E-state index is 9.25. The lowest BCUT2D eigenvalue weighted by Gasteiger charge is -2.19. The zero-order chi connectivity index (χ0) is 11.3. The van der Waals surface area contributed by atoms with Gasteiger partial charge in [0, 0.05) is 18.7 Å². The molecule has 0 bridgehead atoms. The molecule has 0 heterocycles. The van der Waals surface area contributed by atoms with Crippen LogP contribution in [0.15, 0.2) is 24.3 Å². The third-order valence-corrected chi connectivity index (χ3v) is 2.21. The largest absolute Gasteiger partial charge is 0.496 e. The third-order valence-electron chi connectivity index (χ3n) is 2.21. The molecule has 0 aromatic heterocycles. The van der Waals surface area contributed by atoms with Gasteiger partial charge in [0.05, 0.1) is 13.2 Å². The highest BCUT2D eigenvalue weighted by molar-refractivity contribution is 5.32. The van der Waals surface area contributed by atoms with Gasteiger partial charge < -0.3 is 9.84 Å². The molecule has 0 aliphatic carbocycles. The smallest absolute Gasteiger partial charge is 0.123 e. The molecule has 3 nitrogen and oxygen atoms in total. The van der Waals surface area contributed by atoms with Gasteiger partial charge in [-0.1, -0.05) is 18.2 Å². The normalized spacial score (nSPS) is 12.9. The fourth-order valence-corrected chi connectivity index (χ4v) is 1.64. The fraction of sp³-hybridized carbons (Fsp3) is 0.500. The Bertz CT molecular complexity index is 299. The standard InChI is InChI=1S/C12H19NO2/c1-10(14)8-13(2)9-11-6-4-5-7-12(11)15-3/h4-7,10,14H,8-9H2,1-3H3. The first-order valence-electron chi connectivity index (χ1n) is 5.12. The lowest BCUT2D eigenvalue weighted by atomic mass is 10.2. The Morgan fingerprint density at radius 3 is 2.67 bits per heavy atom. The van der Waals surface area contributed by atoms with Crippen molar-refractivity contribution in [2.24, 2.45) is 0 Å². The Hall–Kier alpha value is -1.06. The molecule has 0 aliphatic heterocycles. The highest BCUT2D eigenvalue weighted by Gasteiger charge is 2.07. The molecule has 0 spiro atoms. The number of nitrogens with zero attached hydrogens (tertiary/aromatic N) is 1. The summed E-state index contributed by atoms with van der Waals surface area (Å²) in [6, 6.07) is 7.94. The number of aliphatic hydroxyl groups is 1. The predicted octanol–water partition coefficient (Wildman–Crippen LogP) is 1.51. The van der Waals surface area contributed by atoms with Crippen molar-refractivity contribution < 1.29 is 9.84 Å². The zero-order valence-corrected chi connectivity index (χ0v) is 9.60. The summed E-state index contributed by atoms with van der Waals surface area (Å²) in [4.78, 5) is 2.07. The molecule has 1 unspecified atom stereocenters. The van der Waals surface area contributed by atoms with Crippen molar-refractivity contribution in [2.75, 3.05) is 20.7 Å². The van der Waals surface area contributed by atoms with Crippen LogP contribution in [0.25, 0.3) is 0 Å². The Balaban J connectivity index is 2.63. The van der Waals surface area contributed by atoms with Gasteiger partial charge in [0.25, 0.3) is 0 Å². The van der Waals surface area contributed by atoms with E-state index in [4.69, 9.17) is 4.74 Å². The van der Waals surface area contributed by atoms with Crippen molar-refractivity contribution in [3.8, 4) is 5.75 Å². The van der Waals surface area contributed by atoms with Crippen molar-refractivity contribution >= 4 is 0 Å². The summed E-state index contributed by atoms with van der Waals surface area (Å²) in [5.74, 6) is 0.898. The van der Waals surface area contributed by atoms with E-state index in [9.17, 15) is 5.11 Å². The average molecular weight is 209 g/mol. The molecule has 0 radical (unpaired) electrons. The minimum Gasteiger partial charge on any atom is -0.496 e. The van der Waals surface area contributed by atoms with Gasteiger partial charge in [-0.3, -0.25) is 4.90 Å². The van der Waals surface area contributed by atoms with E-state index in [1.54, 1.807) is 14.0 Å². The molecule has 0 saturated heterocycles. The first-order valence-corrected chi connectivity index (χ1v) is 5.12. The second-order valence-electron chi connectivity index (χ2n) is 3.86. The van der Waals surface area contributed by atoms with Crippen LogP contribution in [-0.2, 0) is 6.54 Å². The van der Waals surface area contributed by atoms with Crippen LogP contribution in [0.1, 0.15) is 12.5 Å². The van der Waals surface area contributed by atoms with Gasteiger partial charge in [-0.15, -0.1) is 0 Å². The number of likely N-dealkylation sites (N-methyl/N-ethyl adjacent to an activating group) is 1. The average Bonchev–Trinajstić information content (AvgIpc) is 2.17. The van der Waals surface area contributed by atoms with E-state index in [0.29, 0.717) is 6.54 Å². The van der Waals surface area contributed by atoms with E-state index in [0.717, 1.165) is 17.9 Å². The van der Waals surface area contributed by atoms with Gasteiger partial charge in [-0.05, 0) is 20.0 Å². The summed E-state index contributed by atoms with van der Waals surface area (Å²) < 4.78 is 5.26. The molecule has 0 aliphatic rings. The van der Waals surface area contributed by atoms with Crippen LogP contribution in [0.4, 0.5) is 0 Å². The molecular formula is C12H19NO2. The quantitative estimate of drug-likeness (QED) is 0.798. The van der Waals surface area contributed by atoms with E-state index in [-0.39, 0.29) is 6.10 Å². The second-order valence-corrected chi connectivity index (χ2v) is 3.86. The molecular weight excluding hydrogens is 190 g/mol. The van der Waals surface area contributed by atoms with Gasteiger partial charge in [-0.25, -0.2) is 0 Å². The van der Waals surface area contributed by atoms with Crippen molar-refractivity contribution in [2.45, 2.75) is 19.6 Å². The van der Waals surface area contributed by atoms with Crippen LogP contribution in [0, 0.1) is 0 Å². The fourth-order valence-electron chi connectivity index (χ4n) is 1.64. The molecule has 0 fully saturated rings. The minimum absolute atomic E-state index is 0.301. The van der Waals surface area contributed by atoms with Crippen LogP contribution >= 0.6 is 0 Å². The second kappa shape index (κ2) is 5.73. The van der Waals surface area contributed by atoms with Gasteiger partial charge >= 0.3 is 0 Å². The summed E-state index contributed by atoms with van der Waals surface area (Å²) in [5.41, 5.74) is 1.14. The van der Waals surface area contributed by atoms with Crippen LogP contribution < -0.4 is 4.74 Å². The zero-order valence-electron chi connectivity index (χ0n) is 9.60. The molecule has 1 aromatic rings. The van der Waals surface area contributed by atoms with Crippen molar-refractivity contribution in [3.63, 3.8) is 0 Å². The molecule has 0 saturated carbocycles. The van der Waals surface area contributed by atoms with E-state index in [2.05, 4.69) is 4.90 Å². The number of rotatable bonds is 5. The molecule has 3 heteroatoms. The summed E-state index contributed by atoms with van der Waals surface area (Å²) in [6.07, 6.45) is -0.301. The molecule has 15 heavy (non-hydrogen) atoms. The summed E-state index contributed by atoms with van der Waals surface area (Å²) in [6.45, 7) is 3.24. The third kappa shape index (κ3) is 3.90. The number of benzene rings is 1. The lowest BCUT2D eigenvalue weighted by Crippen LogP contribution is -2.26. The molecule has 1 rings (SSSR count). The topological polar surface area (TPSA) is 32.7 Å². The molecule has 1 atom stereocenters. The maximum Gasteiger partial charge on any atom is 0.123 e. The molecule has 1 N–H and O–H groups in total. The van der Waals surface area contributed by atoms with Crippen LogP contribution in [0.2, 0.25) is 0 Å². The van der Waals surface area contributed by atoms with Crippen molar-refractivity contribution in [3.05, 3.63) is 29.8 Å². The van der Waals surface area contributed by atoms with Gasteiger partial charge in [0.15, 0.2) is 0 Å². The van der Waals surface area contributed by atoms with E-state index < -0.39 is 0 Å². The maximum atomic E-state index is 9.25. The number of methoxy groups -OCH3 is 1. The Labute approximate surface area is 91.3 Å². The molecule has 1 aromatic carbocycles. The number of hydrogen-bond acceptors (Lipinski definition) is 3. The molecule has 0 amide bonds. The number of ether oxygens (including phenoxy) is 1. The van der Waals surface area contributed by atoms with Gasteiger partial charge in [0.2, 0.25) is 0 Å². The highest BCUT2D eigenvalue weighted by atomic mass is 16.5. The van der Waals surface area contributed by atoms with E-state index in [1.807, 2.05) is 31.3 Å². The SMILES string of the molecule is COc1ccccc1CN(C)CC(C)O. The summed E-state index contributed by atoms with van der Waals surface area (Å²) in [7, 11) is 3.66. The first-order chi connectivity index (χ1) is 7.13. The van der Waals surface area contributed by atoms with Crippen LogP contribution in [0.3, 0.4) is 0 Å². The highest BCUT2D eigenvalue weighted by Crippen LogP contribution is 2.18. The minimum atomic E-state index is -0.301. The van der Waals surface area contributed by atoms with Gasteiger partial charge in [-0.2, -0.15) is 0 Å². The number of hydrogen-bond donors (Lipinski definition) is 1. The Morgan fingerprint density at radius 2 is 2.07 bits per heavy atom. The molecule has 84 valence electrons. The van der Waals surface area contributed by atoms with E-state index >= 15 is 0 Å². The number of aliphatic hydroxyl groups excluding tert-OH is 1. The summed E-state index contributed by atoms with van der Waals surface area (Å²) in [5, 5.41) is 9.25. The summed E-state index contributed by atoms with van der Waals surface area (Å²) >= 11 is 0. The van der Waals surface area contributed by atoms with Gasteiger partial charge in [0.1, 0.15) is 5.75 Å². The lowest BCUT2D eigenvalue weighted by molar-refractivity contribution is 0.138. The Kier molecular flexibility index (Phi) is 4.59.